The van der Waals surface area contributed by atoms with E-state index < -0.39 is 0 Å². The molecule has 1 aromatic carbocycles. The number of benzene rings is 1. The topological polar surface area (TPSA) is 58.4 Å². The van der Waals surface area contributed by atoms with Gasteiger partial charge >= 0.3 is 0 Å². The Morgan fingerprint density at radius 2 is 2.26 bits per heavy atom. The number of nitrogens with two attached hydrogens (primary N) is 1. The van der Waals surface area contributed by atoms with Gasteiger partial charge in [-0.25, -0.2) is 0 Å². The first-order valence-corrected chi connectivity index (χ1v) is 8.11. The van der Waals surface area contributed by atoms with Gasteiger partial charge in [-0.05, 0) is 31.2 Å². The van der Waals surface area contributed by atoms with E-state index in [2.05, 4.69) is 21.2 Å². The smallest absolute Gasteiger partial charge is 0.232 e. The summed E-state index contributed by atoms with van der Waals surface area (Å²) >= 11 is 4.92. The number of nitrogens with one attached hydrogen (secondary N) is 1. The van der Waals surface area contributed by atoms with Gasteiger partial charge in [0.2, 0.25) is 5.91 Å². The highest BCUT2D eigenvalue weighted by Crippen LogP contribution is 2.28. The number of hydrogen-bond acceptors (Lipinski definition) is 4. The van der Waals surface area contributed by atoms with E-state index in [9.17, 15) is 4.79 Å². The van der Waals surface area contributed by atoms with Gasteiger partial charge in [-0.1, -0.05) is 15.9 Å². The van der Waals surface area contributed by atoms with Gasteiger partial charge in [0, 0.05) is 34.7 Å². The van der Waals surface area contributed by atoms with Crippen molar-refractivity contribution < 1.29 is 4.79 Å². The molecule has 0 unspecified atom stereocenters. The van der Waals surface area contributed by atoms with E-state index in [-0.39, 0.29) is 5.91 Å². The van der Waals surface area contributed by atoms with Crippen molar-refractivity contribution in [3.63, 3.8) is 0 Å². The molecule has 2 rings (SSSR count). The second-order valence-electron chi connectivity index (χ2n) is 4.46. The number of carbonyl (C=O) groups excluding carboxylic acids is 1. The normalized spacial score (nSPS) is 16.2. The second kappa shape index (κ2) is 7.17. The van der Waals surface area contributed by atoms with Crippen LogP contribution < -0.4 is 11.1 Å². The predicted octanol–water partition coefficient (Wildman–Crippen LogP) is 1.95. The molecule has 0 radical (unpaired) electrons. The SMILES string of the molecule is Nc1ccc(Br)cc1SCC(=O)N1CCCNCC1. The van der Waals surface area contributed by atoms with Crippen LogP contribution in [-0.4, -0.2) is 42.7 Å². The van der Waals surface area contributed by atoms with Crippen LogP contribution >= 0.6 is 27.7 Å². The monoisotopic (exact) mass is 343 g/mol. The van der Waals surface area contributed by atoms with Crippen LogP contribution in [0.15, 0.2) is 27.6 Å². The lowest BCUT2D eigenvalue weighted by molar-refractivity contribution is -0.128. The molecule has 4 nitrogen and oxygen atoms in total. The first kappa shape index (κ1) is 14.7. The molecule has 3 N–H and O–H groups in total. The van der Waals surface area contributed by atoms with Crippen molar-refractivity contribution in [3.05, 3.63) is 22.7 Å². The van der Waals surface area contributed by atoms with Gasteiger partial charge < -0.3 is 16.0 Å². The molecule has 19 heavy (non-hydrogen) atoms. The van der Waals surface area contributed by atoms with Crippen molar-refractivity contribution in [1.82, 2.24) is 10.2 Å². The van der Waals surface area contributed by atoms with Crippen molar-refractivity contribution in [3.8, 4) is 0 Å². The summed E-state index contributed by atoms with van der Waals surface area (Å²) in [6.07, 6.45) is 1.02. The Balaban J connectivity index is 1.90. The Morgan fingerprint density at radius 1 is 1.42 bits per heavy atom. The summed E-state index contributed by atoms with van der Waals surface area (Å²) in [7, 11) is 0. The summed E-state index contributed by atoms with van der Waals surface area (Å²) in [5.74, 6) is 0.633. The quantitative estimate of drug-likeness (QED) is 0.650. The van der Waals surface area contributed by atoms with Crippen LogP contribution in [0.1, 0.15) is 6.42 Å². The van der Waals surface area contributed by atoms with Crippen LogP contribution in [0.25, 0.3) is 0 Å². The lowest BCUT2D eigenvalue weighted by atomic mass is 10.3. The van der Waals surface area contributed by atoms with Crippen LogP contribution in [-0.2, 0) is 4.79 Å². The van der Waals surface area contributed by atoms with E-state index in [0.717, 1.165) is 47.7 Å². The van der Waals surface area contributed by atoms with Crippen molar-refractivity contribution in [2.24, 2.45) is 0 Å². The maximum Gasteiger partial charge on any atom is 0.232 e. The number of halogens is 1. The lowest BCUT2D eigenvalue weighted by Crippen LogP contribution is -2.35. The highest BCUT2D eigenvalue weighted by Gasteiger charge is 2.15. The summed E-state index contributed by atoms with van der Waals surface area (Å²) in [5, 5.41) is 3.30. The minimum atomic E-state index is 0.188. The van der Waals surface area contributed by atoms with Gasteiger partial charge in [0.25, 0.3) is 0 Å². The largest absolute Gasteiger partial charge is 0.398 e. The number of carbonyl (C=O) groups is 1. The van der Waals surface area contributed by atoms with E-state index >= 15 is 0 Å². The first-order chi connectivity index (χ1) is 9.16. The molecule has 1 heterocycles. The standard InChI is InChI=1S/C13H18BrN3OS/c14-10-2-3-11(15)12(8-10)19-9-13(18)17-6-1-4-16-5-7-17/h2-3,8,16H,1,4-7,9,15H2. The zero-order valence-corrected chi connectivity index (χ0v) is 13.1. The minimum Gasteiger partial charge on any atom is -0.398 e. The predicted molar refractivity (Wildman–Crippen MR) is 83.3 cm³/mol. The van der Waals surface area contributed by atoms with Crippen LogP contribution in [0.3, 0.4) is 0 Å². The maximum atomic E-state index is 12.1. The van der Waals surface area contributed by atoms with Crippen molar-refractivity contribution in [1.29, 1.82) is 0 Å². The second-order valence-corrected chi connectivity index (χ2v) is 6.39. The van der Waals surface area contributed by atoms with E-state index in [1.165, 1.54) is 11.8 Å². The van der Waals surface area contributed by atoms with Gasteiger partial charge in [0.05, 0.1) is 5.75 Å². The number of thioether (sulfide) groups is 1. The Kier molecular flexibility index (Phi) is 5.54. The number of nitrogens with zero attached hydrogens (tertiary/aromatic N) is 1. The summed E-state index contributed by atoms with van der Waals surface area (Å²) in [4.78, 5) is 15.0. The molecule has 6 heteroatoms. The molecule has 1 aliphatic rings. The van der Waals surface area contributed by atoms with Crippen molar-refractivity contribution in [2.45, 2.75) is 11.3 Å². The summed E-state index contributed by atoms with van der Waals surface area (Å²) < 4.78 is 0.982. The molecule has 1 saturated heterocycles. The van der Waals surface area contributed by atoms with E-state index in [0.29, 0.717) is 5.75 Å². The van der Waals surface area contributed by atoms with Gasteiger partial charge in [0.15, 0.2) is 0 Å². The molecule has 1 amide bonds. The average Bonchev–Trinajstić information content (AvgIpc) is 2.68. The molecule has 0 spiro atoms. The molecule has 0 bridgehead atoms. The highest BCUT2D eigenvalue weighted by molar-refractivity contribution is 9.10. The summed E-state index contributed by atoms with van der Waals surface area (Å²) in [6.45, 7) is 3.53. The summed E-state index contributed by atoms with van der Waals surface area (Å²) in [6, 6.07) is 5.71. The molecular formula is C13H18BrN3OS. The Bertz CT molecular complexity index is 448. The molecule has 0 atom stereocenters. The van der Waals surface area contributed by atoms with Crippen LogP contribution in [0, 0.1) is 0 Å². The fourth-order valence-electron chi connectivity index (χ4n) is 1.96. The fourth-order valence-corrected chi connectivity index (χ4v) is 3.38. The van der Waals surface area contributed by atoms with Gasteiger partial charge in [-0.3, -0.25) is 4.79 Å². The first-order valence-electron chi connectivity index (χ1n) is 6.33. The molecule has 1 aromatic rings. The summed E-state index contributed by atoms with van der Waals surface area (Å²) in [5.41, 5.74) is 6.62. The third-order valence-electron chi connectivity index (χ3n) is 3.02. The molecule has 0 saturated carbocycles. The molecule has 1 fully saturated rings. The zero-order chi connectivity index (χ0) is 13.7. The van der Waals surface area contributed by atoms with Crippen LogP contribution in [0.4, 0.5) is 5.69 Å². The van der Waals surface area contributed by atoms with Gasteiger partial charge in [-0.15, -0.1) is 11.8 Å². The van der Waals surface area contributed by atoms with E-state index in [1.807, 2.05) is 23.1 Å². The minimum absolute atomic E-state index is 0.188. The Morgan fingerprint density at radius 3 is 3.11 bits per heavy atom. The molecule has 0 aromatic heterocycles. The Hall–Kier alpha value is -0.720. The third kappa shape index (κ3) is 4.40. The highest BCUT2D eigenvalue weighted by atomic mass is 79.9. The van der Waals surface area contributed by atoms with Gasteiger partial charge in [-0.2, -0.15) is 0 Å². The lowest BCUT2D eigenvalue weighted by Gasteiger charge is -2.19. The van der Waals surface area contributed by atoms with E-state index in [1.54, 1.807) is 0 Å². The van der Waals surface area contributed by atoms with Crippen LogP contribution in [0.2, 0.25) is 0 Å². The zero-order valence-electron chi connectivity index (χ0n) is 10.7. The van der Waals surface area contributed by atoms with Gasteiger partial charge in [0.1, 0.15) is 0 Å². The number of nitrogen functional groups attached to an aromatic ring is 1. The molecule has 104 valence electrons. The number of amides is 1. The maximum absolute atomic E-state index is 12.1. The molecule has 1 aliphatic heterocycles. The van der Waals surface area contributed by atoms with Crippen LogP contribution in [0.5, 0.6) is 0 Å². The van der Waals surface area contributed by atoms with Crippen molar-refractivity contribution in [2.75, 3.05) is 37.7 Å². The third-order valence-corrected chi connectivity index (χ3v) is 4.57. The van der Waals surface area contributed by atoms with Crippen molar-refractivity contribution >= 4 is 39.3 Å². The average molecular weight is 344 g/mol. The fraction of sp³-hybridized carbons (Fsp3) is 0.462. The molecule has 0 aliphatic carbocycles. The Labute approximate surface area is 126 Å². The van der Waals surface area contributed by atoms with E-state index in [4.69, 9.17) is 5.73 Å². The number of hydrogen-bond donors (Lipinski definition) is 2. The number of anilines is 1. The number of rotatable bonds is 3. The molecular weight excluding hydrogens is 326 g/mol.